The Morgan fingerprint density at radius 3 is 2.95 bits per heavy atom. The Morgan fingerprint density at radius 1 is 1.58 bits per heavy atom. The molecule has 0 bridgehead atoms. The van der Waals surface area contributed by atoms with Crippen LogP contribution in [0.3, 0.4) is 0 Å². The molecular weight excluding hydrogens is 357 g/mol. The fourth-order valence-electron chi connectivity index (χ4n) is 2.40. The first-order valence-electron chi connectivity index (χ1n) is 6.49. The number of carboxylic acid groups (broad SMARTS) is 1. The second-order valence-corrected chi connectivity index (χ2v) is 6.32. The molecule has 2 rings (SSSR count). The number of anilines is 1. The largest absolute Gasteiger partial charge is 0.480 e. The zero-order valence-electron chi connectivity index (χ0n) is 11.1. The summed E-state index contributed by atoms with van der Waals surface area (Å²) in [5, 5.41) is 9.26. The van der Waals surface area contributed by atoms with Gasteiger partial charge in [0, 0.05) is 6.54 Å². The van der Waals surface area contributed by atoms with E-state index in [0.717, 1.165) is 34.5 Å². The average Bonchev–Trinajstić information content (AvgIpc) is 2.80. The van der Waals surface area contributed by atoms with Crippen LogP contribution in [0.15, 0.2) is 6.33 Å². The Morgan fingerprint density at radius 2 is 2.32 bits per heavy atom. The molecule has 6 heteroatoms. The van der Waals surface area contributed by atoms with Crippen molar-refractivity contribution in [2.75, 3.05) is 11.4 Å². The molecule has 0 spiro atoms. The molecule has 104 valence electrons. The maximum Gasteiger partial charge on any atom is 0.326 e. The minimum absolute atomic E-state index is 0.449. The van der Waals surface area contributed by atoms with E-state index in [2.05, 4.69) is 46.4 Å². The molecule has 0 aromatic carbocycles. The number of rotatable bonds is 4. The first-order valence-corrected chi connectivity index (χ1v) is 7.57. The highest BCUT2D eigenvalue weighted by Gasteiger charge is 2.33. The third-order valence-corrected chi connectivity index (χ3v) is 4.36. The van der Waals surface area contributed by atoms with Crippen molar-refractivity contribution in [3.05, 3.63) is 15.6 Å². The van der Waals surface area contributed by atoms with E-state index in [-0.39, 0.29) is 0 Å². The van der Waals surface area contributed by atoms with Gasteiger partial charge in [-0.05, 0) is 47.8 Å². The second-order valence-electron chi connectivity index (χ2n) is 5.25. The Bertz CT molecular complexity index is 479. The molecule has 0 amide bonds. The molecule has 0 unspecified atom stereocenters. The van der Waals surface area contributed by atoms with Crippen LogP contribution in [-0.4, -0.2) is 33.6 Å². The van der Waals surface area contributed by atoms with E-state index >= 15 is 0 Å². The maximum absolute atomic E-state index is 11.3. The van der Waals surface area contributed by atoms with Crippen LogP contribution in [0.25, 0.3) is 0 Å². The topological polar surface area (TPSA) is 66.3 Å². The van der Waals surface area contributed by atoms with Gasteiger partial charge in [0.1, 0.15) is 18.2 Å². The number of aliphatic carboxylic acids is 1. The molecule has 1 N–H and O–H groups in total. The molecule has 1 aliphatic rings. The summed E-state index contributed by atoms with van der Waals surface area (Å²) >= 11 is 2.24. The van der Waals surface area contributed by atoms with E-state index in [1.807, 2.05) is 4.90 Å². The third kappa shape index (κ3) is 3.16. The third-order valence-electron chi connectivity index (χ3n) is 3.25. The summed E-state index contributed by atoms with van der Waals surface area (Å²) in [6, 6.07) is -0.449. The number of hydrogen-bond donors (Lipinski definition) is 1. The zero-order valence-corrected chi connectivity index (χ0v) is 13.3. The highest BCUT2D eigenvalue weighted by molar-refractivity contribution is 14.1. The number of aromatic nitrogens is 2. The predicted octanol–water partition coefficient (Wildman–Crippen LogP) is 2.33. The van der Waals surface area contributed by atoms with Crippen LogP contribution in [0, 0.1) is 9.49 Å². The molecular formula is C13H18IN3O2. The summed E-state index contributed by atoms with van der Waals surface area (Å²) in [5.41, 5.74) is 1.01. The molecule has 1 aromatic heterocycles. The van der Waals surface area contributed by atoms with Crippen molar-refractivity contribution >= 4 is 34.4 Å². The van der Waals surface area contributed by atoms with Crippen LogP contribution in [0.1, 0.15) is 32.4 Å². The van der Waals surface area contributed by atoms with Crippen LogP contribution < -0.4 is 4.90 Å². The Balaban J connectivity index is 2.32. The summed E-state index contributed by atoms with van der Waals surface area (Å²) in [6.45, 7) is 5.05. The van der Waals surface area contributed by atoms with Crippen LogP contribution in [-0.2, 0) is 11.2 Å². The average molecular weight is 375 g/mol. The van der Waals surface area contributed by atoms with E-state index in [1.54, 1.807) is 6.33 Å². The van der Waals surface area contributed by atoms with Gasteiger partial charge in [-0.1, -0.05) is 13.8 Å². The van der Waals surface area contributed by atoms with Crippen molar-refractivity contribution in [1.29, 1.82) is 0 Å². The Hall–Kier alpha value is -0.920. The summed E-state index contributed by atoms with van der Waals surface area (Å²) < 4.78 is 0.988. The van der Waals surface area contributed by atoms with E-state index < -0.39 is 12.0 Å². The predicted molar refractivity (Wildman–Crippen MR) is 81.3 cm³/mol. The van der Waals surface area contributed by atoms with E-state index in [1.165, 1.54) is 0 Å². The zero-order chi connectivity index (χ0) is 14.0. The van der Waals surface area contributed by atoms with Gasteiger partial charge in [-0.2, -0.15) is 0 Å². The quantitative estimate of drug-likeness (QED) is 0.819. The molecule has 1 fully saturated rings. The minimum Gasteiger partial charge on any atom is -0.480 e. The van der Waals surface area contributed by atoms with Gasteiger partial charge in [-0.3, -0.25) is 0 Å². The fourth-order valence-corrected chi connectivity index (χ4v) is 3.21. The molecule has 19 heavy (non-hydrogen) atoms. The highest BCUT2D eigenvalue weighted by atomic mass is 127. The molecule has 5 nitrogen and oxygen atoms in total. The van der Waals surface area contributed by atoms with Crippen LogP contribution >= 0.6 is 22.6 Å². The minimum atomic E-state index is -0.766. The number of carboxylic acids is 1. The van der Waals surface area contributed by atoms with E-state index in [4.69, 9.17) is 0 Å². The van der Waals surface area contributed by atoms with Crippen molar-refractivity contribution in [3.8, 4) is 0 Å². The highest BCUT2D eigenvalue weighted by Crippen LogP contribution is 2.29. The van der Waals surface area contributed by atoms with Gasteiger partial charge in [-0.15, -0.1) is 0 Å². The molecule has 1 saturated heterocycles. The van der Waals surface area contributed by atoms with Gasteiger partial charge >= 0.3 is 5.97 Å². The van der Waals surface area contributed by atoms with E-state index in [9.17, 15) is 9.90 Å². The monoisotopic (exact) mass is 375 g/mol. The number of carbonyl (C=O) groups is 1. The molecule has 2 heterocycles. The van der Waals surface area contributed by atoms with Crippen molar-refractivity contribution in [2.24, 2.45) is 5.92 Å². The number of hydrogen-bond acceptors (Lipinski definition) is 4. The first-order chi connectivity index (χ1) is 9.00. The Labute approximate surface area is 126 Å². The maximum atomic E-state index is 11.3. The summed E-state index contributed by atoms with van der Waals surface area (Å²) in [7, 11) is 0. The van der Waals surface area contributed by atoms with Gasteiger partial charge < -0.3 is 10.0 Å². The summed E-state index contributed by atoms with van der Waals surface area (Å²) in [4.78, 5) is 21.8. The van der Waals surface area contributed by atoms with Crippen LogP contribution in [0.5, 0.6) is 0 Å². The lowest BCUT2D eigenvalue weighted by Crippen LogP contribution is -2.37. The van der Waals surface area contributed by atoms with Crippen LogP contribution in [0.2, 0.25) is 0 Å². The molecule has 1 atom stereocenters. The van der Waals surface area contributed by atoms with Gasteiger partial charge in [0.25, 0.3) is 0 Å². The van der Waals surface area contributed by atoms with Gasteiger partial charge in [0.2, 0.25) is 0 Å². The van der Waals surface area contributed by atoms with Gasteiger partial charge in [0.15, 0.2) is 0 Å². The Kier molecular flexibility index (Phi) is 4.59. The van der Waals surface area contributed by atoms with E-state index in [0.29, 0.717) is 12.3 Å². The normalized spacial score (nSPS) is 19.2. The molecule has 1 aliphatic heterocycles. The lowest BCUT2D eigenvalue weighted by molar-refractivity contribution is -0.138. The number of nitrogens with zero attached hydrogens (tertiary/aromatic N) is 3. The van der Waals surface area contributed by atoms with Gasteiger partial charge in [-0.25, -0.2) is 14.8 Å². The molecule has 0 saturated carbocycles. The SMILES string of the molecule is CC(C)Cc1ncnc(N2CCC[C@@H]2C(=O)O)c1I. The fraction of sp³-hybridized carbons (Fsp3) is 0.615. The van der Waals surface area contributed by atoms with Crippen molar-refractivity contribution in [1.82, 2.24) is 9.97 Å². The van der Waals surface area contributed by atoms with Crippen LogP contribution in [0.4, 0.5) is 5.82 Å². The second kappa shape index (κ2) is 6.02. The van der Waals surface area contributed by atoms with Crippen molar-refractivity contribution < 1.29 is 9.90 Å². The lowest BCUT2D eigenvalue weighted by Gasteiger charge is -2.24. The standard InChI is InChI=1S/C13H18IN3O2/c1-8(2)6-9-11(14)12(16-7-15-9)17-5-3-4-10(17)13(18)19/h7-8,10H,3-6H2,1-2H3,(H,18,19)/t10-/m1/s1. The molecule has 1 aromatic rings. The smallest absolute Gasteiger partial charge is 0.326 e. The van der Waals surface area contributed by atoms with Crippen molar-refractivity contribution in [2.45, 2.75) is 39.2 Å². The van der Waals surface area contributed by atoms with Gasteiger partial charge in [0.05, 0.1) is 9.26 Å². The summed E-state index contributed by atoms with van der Waals surface area (Å²) in [5.74, 6) is 0.526. The van der Waals surface area contributed by atoms with Crippen molar-refractivity contribution in [3.63, 3.8) is 0 Å². The first kappa shape index (κ1) is 14.5. The molecule has 0 aliphatic carbocycles. The number of halogens is 1. The lowest BCUT2D eigenvalue weighted by atomic mass is 10.1. The molecule has 0 radical (unpaired) electrons. The summed E-state index contributed by atoms with van der Waals surface area (Å²) in [6.07, 6.45) is 4.03.